The molecule has 2 heterocycles. The molecule has 3 aromatic rings. The molecule has 4 rings (SSSR count). The SMILES string of the molecule is Cc1csc2nc(-c3cccc(NC(=O)C4CC4)c3)cn12. The highest BCUT2D eigenvalue weighted by molar-refractivity contribution is 7.15. The van der Waals surface area contributed by atoms with Crippen molar-refractivity contribution in [3.05, 3.63) is 41.5 Å². The number of carbonyl (C=O) groups is 1. The van der Waals surface area contributed by atoms with E-state index in [9.17, 15) is 4.79 Å². The number of nitrogens with zero attached hydrogens (tertiary/aromatic N) is 2. The first kappa shape index (κ1) is 12.6. The average molecular weight is 297 g/mol. The van der Waals surface area contributed by atoms with Crippen molar-refractivity contribution >= 4 is 27.9 Å². The van der Waals surface area contributed by atoms with Gasteiger partial charge in [0.25, 0.3) is 0 Å². The summed E-state index contributed by atoms with van der Waals surface area (Å²) in [6.45, 7) is 2.07. The summed E-state index contributed by atoms with van der Waals surface area (Å²) >= 11 is 1.64. The maximum atomic E-state index is 11.8. The number of hydrogen-bond donors (Lipinski definition) is 1. The lowest BCUT2D eigenvalue weighted by molar-refractivity contribution is -0.117. The van der Waals surface area contributed by atoms with Crippen molar-refractivity contribution in [3.8, 4) is 11.3 Å². The van der Waals surface area contributed by atoms with Crippen molar-refractivity contribution in [2.75, 3.05) is 5.32 Å². The lowest BCUT2D eigenvalue weighted by atomic mass is 10.1. The van der Waals surface area contributed by atoms with E-state index in [1.165, 1.54) is 5.69 Å². The van der Waals surface area contributed by atoms with E-state index in [1.807, 2.05) is 30.5 Å². The molecule has 106 valence electrons. The van der Waals surface area contributed by atoms with Gasteiger partial charge in [0.1, 0.15) is 0 Å². The maximum absolute atomic E-state index is 11.8. The largest absolute Gasteiger partial charge is 0.326 e. The Kier molecular flexibility index (Phi) is 2.82. The van der Waals surface area contributed by atoms with Crippen molar-refractivity contribution in [3.63, 3.8) is 0 Å². The number of thiazole rings is 1. The first-order valence-electron chi connectivity index (χ1n) is 7.05. The molecule has 1 N–H and O–H groups in total. The predicted octanol–water partition coefficient (Wildman–Crippen LogP) is 3.72. The Labute approximate surface area is 126 Å². The third-order valence-corrected chi connectivity index (χ3v) is 4.72. The number of hydrogen-bond acceptors (Lipinski definition) is 3. The molecule has 0 unspecified atom stereocenters. The summed E-state index contributed by atoms with van der Waals surface area (Å²) in [6, 6.07) is 7.89. The molecule has 1 saturated carbocycles. The zero-order valence-corrected chi connectivity index (χ0v) is 12.5. The van der Waals surface area contributed by atoms with Gasteiger partial charge >= 0.3 is 0 Å². The topological polar surface area (TPSA) is 46.4 Å². The van der Waals surface area contributed by atoms with E-state index >= 15 is 0 Å². The second-order valence-electron chi connectivity index (χ2n) is 5.50. The molecule has 1 aliphatic rings. The van der Waals surface area contributed by atoms with Crippen LogP contribution in [0, 0.1) is 12.8 Å². The number of aryl methyl sites for hydroxylation is 1. The van der Waals surface area contributed by atoms with E-state index in [-0.39, 0.29) is 11.8 Å². The first-order valence-corrected chi connectivity index (χ1v) is 7.93. The van der Waals surface area contributed by atoms with Gasteiger partial charge in [0.2, 0.25) is 5.91 Å². The quantitative estimate of drug-likeness (QED) is 0.801. The summed E-state index contributed by atoms with van der Waals surface area (Å²) in [7, 11) is 0. The molecule has 1 aromatic carbocycles. The maximum Gasteiger partial charge on any atom is 0.227 e. The Morgan fingerprint density at radius 3 is 3.05 bits per heavy atom. The minimum Gasteiger partial charge on any atom is -0.326 e. The van der Waals surface area contributed by atoms with Crippen LogP contribution in [0.1, 0.15) is 18.5 Å². The van der Waals surface area contributed by atoms with Gasteiger partial charge in [-0.2, -0.15) is 0 Å². The number of anilines is 1. The van der Waals surface area contributed by atoms with Crippen LogP contribution >= 0.6 is 11.3 Å². The van der Waals surface area contributed by atoms with E-state index in [0.717, 1.165) is 34.7 Å². The van der Waals surface area contributed by atoms with Gasteiger partial charge in [-0.3, -0.25) is 9.20 Å². The number of amides is 1. The zero-order chi connectivity index (χ0) is 14.4. The summed E-state index contributed by atoms with van der Waals surface area (Å²) in [5.41, 5.74) is 4.00. The molecule has 1 aliphatic carbocycles. The summed E-state index contributed by atoms with van der Waals surface area (Å²) in [6.07, 6.45) is 4.08. The Bertz CT molecular complexity index is 829. The van der Waals surface area contributed by atoms with Gasteiger partial charge in [-0.25, -0.2) is 4.98 Å². The standard InChI is InChI=1S/C16H15N3OS/c1-10-9-21-16-18-14(8-19(10)16)12-3-2-4-13(7-12)17-15(20)11-5-6-11/h2-4,7-9,11H,5-6H2,1H3,(H,17,20). The summed E-state index contributed by atoms with van der Waals surface area (Å²) < 4.78 is 2.09. The highest BCUT2D eigenvalue weighted by atomic mass is 32.1. The second-order valence-corrected chi connectivity index (χ2v) is 6.34. The number of imidazole rings is 1. The fraction of sp³-hybridized carbons (Fsp3) is 0.250. The van der Waals surface area contributed by atoms with Crippen molar-refractivity contribution in [2.24, 2.45) is 5.92 Å². The summed E-state index contributed by atoms with van der Waals surface area (Å²) in [5.74, 6) is 0.350. The molecule has 2 aromatic heterocycles. The molecule has 21 heavy (non-hydrogen) atoms. The number of fused-ring (bicyclic) bond motifs is 1. The van der Waals surface area contributed by atoms with E-state index in [0.29, 0.717) is 0 Å². The van der Waals surface area contributed by atoms with Crippen LogP contribution in [0.2, 0.25) is 0 Å². The van der Waals surface area contributed by atoms with Crippen LogP contribution in [0.5, 0.6) is 0 Å². The average Bonchev–Trinajstić information content (AvgIpc) is 3.16. The molecule has 0 bridgehead atoms. The molecule has 1 fully saturated rings. The molecule has 0 saturated heterocycles. The normalized spacial score (nSPS) is 14.5. The van der Waals surface area contributed by atoms with E-state index in [2.05, 4.69) is 27.0 Å². The van der Waals surface area contributed by atoms with E-state index in [4.69, 9.17) is 0 Å². The fourth-order valence-electron chi connectivity index (χ4n) is 2.38. The molecule has 0 atom stereocenters. The molecule has 5 heteroatoms. The Hall–Kier alpha value is -2.14. The second kappa shape index (κ2) is 4.70. The van der Waals surface area contributed by atoms with Gasteiger partial charge in [0.05, 0.1) is 5.69 Å². The summed E-state index contributed by atoms with van der Waals surface area (Å²) in [5, 5.41) is 5.08. The molecule has 4 nitrogen and oxygen atoms in total. The van der Waals surface area contributed by atoms with Crippen LogP contribution in [0.25, 0.3) is 16.2 Å². The molecule has 0 aliphatic heterocycles. The van der Waals surface area contributed by atoms with Crippen molar-refractivity contribution in [2.45, 2.75) is 19.8 Å². The van der Waals surface area contributed by atoms with Crippen LogP contribution in [-0.2, 0) is 4.79 Å². The van der Waals surface area contributed by atoms with Crippen LogP contribution in [0.3, 0.4) is 0 Å². The fourth-order valence-corrected chi connectivity index (χ4v) is 3.23. The lowest BCUT2D eigenvalue weighted by Gasteiger charge is -2.05. The van der Waals surface area contributed by atoms with Gasteiger partial charge in [-0.05, 0) is 31.9 Å². The monoisotopic (exact) mass is 297 g/mol. The molecule has 0 radical (unpaired) electrons. The van der Waals surface area contributed by atoms with Gasteiger partial charge in [-0.1, -0.05) is 12.1 Å². The predicted molar refractivity (Wildman–Crippen MR) is 84.6 cm³/mol. The van der Waals surface area contributed by atoms with Crippen molar-refractivity contribution in [1.29, 1.82) is 0 Å². The number of benzene rings is 1. The molecule has 1 amide bonds. The Balaban J connectivity index is 1.65. The number of carbonyl (C=O) groups excluding carboxylic acids is 1. The summed E-state index contributed by atoms with van der Waals surface area (Å²) in [4.78, 5) is 17.5. The molecular weight excluding hydrogens is 282 g/mol. The van der Waals surface area contributed by atoms with Crippen molar-refractivity contribution < 1.29 is 4.79 Å². The van der Waals surface area contributed by atoms with Gasteiger partial charge in [0, 0.05) is 34.4 Å². The number of rotatable bonds is 3. The van der Waals surface area contributed by atoms with Gasteiger partial charge in [0.15, 0.2) is 4.96 Å². The third kappa shape index (κ3) is 2.34. The minimum atomic E-state index is 0.133. The smallest absolute Gasteiger partial charge is 0.227 e. The number of aromatic nitrogens is 2. The van der Waals surface area contributed by atoms with Gasteiger partial charge in [-0.15, -0.1) is 11.3 Å². The minimum absolute atomic E-state index is 0.133. The Morgan fingerprint density at radius 2 is 2.29 bits per heavy atom. The Morgan fingerprint density at radius 1 is 1.43 bits per heavy atom. The van der Waals surface area contributed by atoms with Crippen LogP contribution in [-0.4, -0.2) is 15.3 Å². The number of nitrogens with one attached hydrogen (secondary N) is 1. The highest BCUT2D eigenvalue weighted by Gasteiger charge is 2.29. The van der Waals surface area contributed by atoms with E-state index in [1.54, 1.807) is 11.3 Å². The van der Waals surface area contributed by atoms with Gasteiger partial charge < -0.3 is 5.32 Å². The molecule has 0 spiro atoms. The molecular formula is C16H15N3OS. The highest BCUT2D eigenvalue weighted by Crippen LogP contribution is 2.31. The lowest BCUT2D eigenvalue weighted by Crippen LogP contribution is -2.13. The van der Waals surface area contributed by atoms with Crippen molar-refractivity contribution in [1.82, 2.24) is 9.38 Å². The van der Waals surface area contributed by atoms with Crippen LogP contribution < -0.4 is 5.32 Å². The first-order chi connectivity index (χ1) is 10.2. The third-order valence-electron chi connectivity index (χ3n) is 3.76. The van der Waals surface area contributed by atoms with Crippen LogP contribution in [0.4, 0.5) is 5.69 Å². The zero-order valence-electron chi connectivity index (χ0n) is 11.7. The van der Waals surface area contributed by atoms with E-state index < -0.39 is 0 Å². The van der Waals surface area contributed by atoms with Crippen LogP contribution in [0.15, 0.2) is 35.8 Å².